The Hall–Kier alpha value is -7.50. The quantitative estimate of drug-likeness (QED) is 0.153. The monoisotopic (exact) mass is 737 g/mol. The Morgan fingerprint density at radius 2 is 0.789 bits per heavy atom. The van der Waals surface area contributed by atoms with Crippen molar-refractivity contribution in [3.8, 4) is 44.8 Å². The third-order valence-electron chi connectivity index (χ3n) is 10.6. The number of aromatic nitrogens is 2. The Morgan fingerprint density at radius 1 is 0.351 bits per heavy atom. The summed E-state index contributed by atoms with van der Waals surface area (Å²) in [6.07, 6.45) is 0. The maximum Gasteiger partial charge on any atom is 0.123 e. The predicted molar refractivity (Wildman–Crippen MR) is 231 cm³/mol. The highest BCUT2D eigenvalue weighted by Crippen LogP contribution is 2.39. The van der Waals surface area contributed by atoms with Crippen LogP contribution in [0.25, 0.3) is 77.3 Å². The molecule has 0 aliphatic carbocycles. The molecule has 0 saturated carbocycles. The van der Waals surface area contributed by atoms with Gasteiger partial charge in [-0.3, -0.25) is 0 Å². The van der Waals surface area contributed by atoms with Crippen LogP contribution in [0, 0.1) is 11.6 Å². The molecule has 10 rings (SSSR count). The summed E-state index contributed by atoms with van der Waals surface area (Å²) in [5.41, 5.74) is 12.2. The molecule has 0 fully saturated rings. The minimum Gasteiger partial charge on any atom is -0.311 e. The van der Waals surface area contributed by atoms with E-state index in [1.165, 1.54) is 24.3 Å². The van der Waals surface area contributed by atoms with E-state index < -0.39 is 0 Å². The Labute approximate surface area is 328 Å². The van der Waals surface area contributed by atoms with Gasteiger partial charge in [0.25, 0.3) is 0 Å². The van der Waals surface area contributed by atoms with Crippen molar-refractivity contribution in [1.82, 2.24) is 9.97 Å². The number of nitrogens with zero attached hydrogens (tertiary/aromatic N) is 3. The molecule has 0 N–H and O–H groups in total. The van der Waals surface area contributed by atoms with Gasteiger partial charge in [0.15, 0.2) is 0 Å². The molecule has 0 amide bonds. The molecule has 5 heteroatoms. The van der Waals surface area contributed by atoms with Crippen molar-refractivity contribution < 1.29 is 8.78 Å². The number of fused-ring (bicyclic) bond motifs is 5. The van der Waals surface area contributed by atoms with Gasteiger partial charge in [0.05, 0.1) is 22.4 Å². The fourth-order valence-corrected chi connectivity index (χ4v) is 7.73. The van der Waals surface area contributed by atoms with Gasteiger partial charge in [0, 0.05) is 33.6 Å². The number of benzene rings is 9. The molecule has 270 valence electrons. The lowest BCUT2D eigenvalue weighted by molar-refractivity contribution is 0.627. The SMILES string of the molecule is Fc1ccc(-c2ccc(N(c3ccc(F)cc3)c3ccc(-c4ccc5c(ccc6ccc7nc(-c8ccccc8)c(-c8ccccc8)nc7c65)c4)cc3)cc2)cc1. The average Bonchev–Trinajstić information content (AvgIpc) is 3.27. The van der Waals surface area contributed by atoms with E-state index in [1.54, 1.807) is 24.3 Å². The van der Waals surface area contributed by atoms with Gasteiger partial charge in [-0.1, -0.05) is 127 Å². The first-order valence-electron chi connectivity index (χ1n) is 18.9. The topological polar surface area (TPSA) is 29.0 Å². The number of halogens is 2. The van der Waals surface area contributed by atoms with Crippen molar-refractivity contribution in [2.45, 2.75) is 0 Å². The number of anilines is 3. The smallest absolute Gasteiger partial charge is 0.123 e. The van der Waals surface area contributed by atoms with Crippen LogP contribution in [0.3, 0.4) is 0 Å². The second-order valence-electron chi connectivity index (χ2n) is 14.1. The maximum absolute atomic E-state index is 14.1. The van der Waals surface area contributed by atoms with E-state index in [-0.39, 0.29) is 11.6 Å². The fraction of sp³-hybridized carbons (Fsp3) is 0. The second-order valence-corrected chi connectivity index (χ2v) is 14.1. The van der Waals surface area contributed by atoms with Crippen molar-refractivity contribution in [1.29, 1.82) is 0 Å². The third kappa shape index (κ3) is 6.45. The summed E-state index contributed by atoms with van der Waals surface area (Å²) in [5, 5.41) is 4.42. The first-order chi connectivity index (χ1) is 28.1. The average molecular weight is 738 g/mol. The molecular weight excluding hydrogens is 705 g/mol. The zero-order valence-corrected chi connectivity index (χ0v) is 30.7. The van der Waals surface area contributed by atoms with Crippen LogP contribution < -0.4 is 4.90 Å². The molecular formula is C52H33F2N3. The highest BCUT2D eigenvalue weighted by atomic mass is 19.1. The zero-order valence-electron chi connectivity index (χ0n) is 30.7. The summed E-state index contributed by atoms with van der Waals surface area (Å²) in [6, 6.07) is 65.2. The van der Waals surface area contributed by atoms with Crippen molar-refractivity contribution in [2.24, 2.45) is 0 Å². The molecule has 0 aliphatic rings. The lowest BCUT2D eigenvalue weighted by Crippen LogP contribution is -2.09. The number of hydrogen-bond donors (Lipinski definition) is 0. The van der Waals surface area contributed by atoms with E-state index in [0.717, 1.165) is 94.4 Å². The van der Waals surface area contributed by atoms with Crippen LogP contribution in [-0.4, -0.2) is 9.97 Å². The Bertz CT molecular complexity index is 3040. The van der Waals surface area contributed by atoms with Gasteiger partial charge in [-0.15, -0.1) is 0 Å². The Morgan fingerprint density at radius 3 is 1.37 bits per heavy atom. The van der Waals surface area contributed by atoms with Gasteiger partial charge in [0.1, 0.15) is 11.6 Å². The van der Waals surface area contributed by atoms with E-state index in [0.29, 0.717) is 0 Å². The number of rotatable bonds is 7. The van der Waals surface area contributed by atoms with E-state index in [9.17, 15) is 8.78 Å². The Kier molecular flexibility index (Phi) is 8.53. The zero-order chi connectivity index (χ0) is 38.3. The van der Waals surface area contributed by atoms with Crippen LogP contribution >= 0.6 is 0 Å². The molecule has 0 spiro atoms. The summed E-state index contributed by atoms with van der Waals surface area (Å²) in [6.45, 7) is 0. The molecule has 0 aliphatic heterocycles. The van der Waals surface area contributed by atoms with E-state index in [2.05, 4.69) is 95.9 Å². The van der Waals surface area contributed by atoms with Gasteiger partial charge in [-0.25, -0.2) is 18.7 Å². The van der Waals surface area contributed by atoms with Gasteiger partial charge < -0.3 is 4.90 Å². The van der Waals surface area contributed by atoms with E-state index in [1.807, 2.05) is 60.7 Å². The minimum atomic E-state index is -0.293. The van der Waals surface area contributed by atoms with Gasteiger partial charge in [-0.05, 0) is 111 Å². The Balaban J connectivity index is 1.04. The van der Waals surface area contributed by atoms with Crippen LogP contribution in [0.1, 0.15) is 0 Å². The van der Waals surface area contributed by atoms with Gasteiger partial charge in [0.2, 0.25) is 0 Å². The molecule has 0 radical (unpaired) electrons. The predicted octanol–water partition coefficient (Wildman–Crippen LogP) is 14.4. The van der Waals surface area contributed by atoms with Gasteiger partial charge >= 0.3 is 0 Å². The van der Waals surface area contributed by atoms with E-state index in [4.69, 9.17) is 9.97 Å². The van der Waals surface area contributed by atoms with Crippen LogP contribution in [0.5, 0.6) is 0 Å². The largest absolute Gasteiger partial charge is 0.311 e. The summed E-state index contributed by atoms with van der Waals surface area (Å²) in [4.78, 5) is 12.7. The maximum atomic E-state index is 14.1. The molecule has 10 aromatic rings. The normalized spacial score (nSPS) is 11.3. The van der Waals surface area contributed by atoms with Crippen LogP contribution in [0.15, 0.2) is 200 Å². The standard InChI is InChI=1S/C52H33F2N3/c53-42-21-13-34(14-22-42)35-15-25-44(26-16-35)57(46-29-23-43(54)24-30-46)45-27-17-36(18-28-45)40-19-31-47-41(33-40)12-11-37-20-32-48-52(49(37)47)56-51(39-9-5-2-6-10-39)50(55-48)38-7-3-1-4-8-38/h1-33H. The van der Waals surface area contributed by atoms with Crippen molar-refractivity contribution in [3.63, 3.8) is 0 Å². The molecule has 0 bridgehead atoms. The summed E-state index contributed by atoms with van der Waals surface area (Å²) in [5.74, 6) is -0.559. The van der Waals surface area contributed by atoms with Crippen LogP contribution in [0.4, 0.5) is 25.8 Å². The molecule has 57 heavy (non-hydrogen) atoms. The number of hydrogen-bond acceptors (Lipinski definition) is 3. The minimum absolute atomic E-state index is 0.266. The third-order valence-corrected chi connectivity index (χ3v) is 10.6. The summed E-state index contributed by atoms with van der Waals surface area (Å²) >= 11 is 0. The summed E-state index contributed by atoms with van der Waals surface area (Å²) < 4.78 is 27.6. The molecule has 3 nitrogen and oxygen atoms in total. The molecule has 0 saturated heterocycles. The van der Waals surface area contributed by atoms with Crippen LogP contribution in [0.2, 0.25) is 0 Å². The molecule has 0 atom stereocenters. The molecule has 9 aromatic carbocycles. The molecule has 1 aromatic heterocycles. The van der Waals surface area contributed by atoms with Gasteiger partial charge in [-0.2, -0.15) is 0 Å². The van der Waals surface area contributed by atoms with Crippen molar-refractivity contribution in [2.75, 3.05) is 4.90 Å². The van der Waals surface area contributed by atoms with Crippen LogP contribution in [-0.2, 0) is 0 Å². The molecule has 0 unspecified atom stereocenters. The molecule has 1 heterocycles. The van der Waals surface area contributed by atoms with Crippen molar-refractivity contribution in [3.05, 3.63) is 212 Å². The fourth-order valence-electron chi connectivity index (χ4n) is 7.73. The van der Waals surface area contributed by atoms with E-state index >= 15 is 0 Å². The lowest BCUT2D eigenvalue weighted by atomic mass is 9.96. The first-order valence-corrected chi connectivity index (χ1v) is 18.9. The highest BCUT2D eigenvalue weighted by molar-refractivity contribution is 6.19. The second kappa shape index (κ2) is 14.3. The summed E-state index contributed by atoms with van der Waals surface area (Å²) in [7, 11) is 0. The highest BCUT2D eigenvalue weighted by Gasteiger charge is 2.17. The van der Waals surface area contributed by atoms with Crippen molar-refractivity contribution >= 4 is 49.6 Å². The first kappa shape index (κ1) is 34.0. The lowest BCUT2D eigenvalue weighted by Gasteiger charge is -2.26.